The van der Waals surface area contributed by atoms with Crippen LogP contribution in [0, 0.1) is 0 Å². The summed E-state index contributed by atoms with van der Waals surface area (Å²) in [5.74, 6) is -0.541. The Morgan fingerprint density at radius 1 is 1.50 bits per heavy atom. The fourth-order valence-corrected chi connectivity index (χ4v) is 1.79. The molecule has 0 radical (unpaired) electrons. The van der Waals surface area contributed by atoms with Crippen LogP contribution in [0.1, 0.15) is 30.2 Å². The summed E-state index contributed by atoms with van der Waals surface area (Å²) in [7, 11) is 0. The van der Waals surface area contributed by atoms with Crippen LogP contribution in [0.25, 0.3) is 0 Å². The minimum atomic E-state index is -0.676. The van der Waals surface area contributed by atoms with E-state index in [4.69, 9.17) is 4.42 Å². The van der Waals surface area contributed by atoms with E-state index in [-0.39, 0.29) is 12.3 Å². The van der Waals surface area contributed by atoms with Crippen molar-refractivity contribution in [2.45, 2.75) is 26.3 Å². The predicted octanol–water partition coefficient (Wildman–Crippen LogP) is 0.329. The second-order valence-electron chi connectivity index (χ2n) is 4.14. The van der Waals surface area contributed by atoms with Gasteiger partial charge in [0, 0.05) is 6.42 Å². The van der Waals surface area contributed by atoms with E-state index in [1.54, 1.807) is 19.1 Å². The van der Waals surface area contributed by atoms with Crippen molar-refractivity contribution in [3.63, 3.8) is 0 Å². The number of piperazine rings is 1. The van der Waals surface area contributed by atoms with Gasteiger partial charge < -0.3 is 9.32 Å². The molecule has 1 atom stereocenters. The lowest BCUT2D eigenvalue weighted by Crippen LogP contribution is -2.58. The summed E-state index contributed by atoms with van der Waals surface area (Å²) in [5.41, 5.74) is 0. The molecule has 1 aliphatic heterocycles. The molecule has 6 nitrogen and oxygen atoms in total. The number of rotatable bonds is 2. The maximum Gasteiger partial charge on any atom is 0.290 e. The lowest BCUT2D eigenvalue weighted by Gasteiger charge is -2.30. The number of nitrogens with one attached hydrogen (secondary N) is 1. The van der Waals surface area contributed by atoms with Crippen molar-refractivity contribution >= 4 is 17.7 Å². The van der Waals surface area contributed by atoms with Crippen molar-refractivity contribution < 1.29 is 18.8 Å². The first-order valence-electron chi connectivity index (χ1n) is 5.76. The molecule has 0 spiro atoms. The number of aryl methyl sites for hydroxylation is 1. The van der Waals surface area contributed by atoms with Crippen molar-refractivity contribution in [1.82, 2.24) is 10.2 Å². The highest BCUT2D eigenvalue weighted by Crippen LogP contribution is 2.14. The highest BCUT2D eigenvalue weighted by molar-refractivity contribution is 6.06. The second kappa shape index (κ2) is 4.64. The first kappa shape index (κ1) is 12.3. The molecule has 3 amide bonds. The molecule has 0 aliphatic carbocycles. The van der Waals surface area contributed by atoms with Crippen LogP contribution in [0.3, 0.4) is 0 Å². The summed E-state index contributed by atoms with van der Waals surface area (Å²) in [5, 5.41) is 2.18. The van der Waals surface area contributed by atoms with Crippen LogP contribution in [0.2, 0.25) is 0 Å². The SMILES string of the molecule is CCc1ccc(C(=O)N2CC(=O)NC(=O)C2C)o1. The van der Waals surface area contributed by atoms with Gasteiger partial charge >= 0.3 is 0 Å². The van der Waals surface area contributed by atoms with Crippen LogP contribution < -0.4 is 5.32 Å². The maximum absolute atomic E-state index is 12.1. The Morgan fingerprint density at radius 3 is 2.83 bits per heavy atom. The van der Waals surface area contributed by atoms with Gasteiger partial charge in [0.05, 0.1) is 0 Å². The Morgan fingerprint density at radius 2 is 2.22 bits per heavy atom. The van der Waals surface area contributed by atoms with Gasteiger partial charge in [-0.25, -0.2) is 0 Å². The van der Waals surface area contributed by atoms with Crippen molar-refractivity contribution in [3.8, 4) is 0 Å². The minimum Gasteiger partial charge on any atom is -0.456 e. The zero-order chi connectivity index (χ0) is 13.3. The molecule has 1 fully saturated rings. The molecular formula is C12H14N2O4. The zero-order valence-electron chi connectivity index (χ0n) is 10.2. The summed E-state index contributed by atoms with van der Waals surface area (Å²) >= 11 is 0. The Hall–Kier alpha value is -2.11. The van der Waals surface area contributed by atoms with E-state index in [1.165, 1.54) is 4.90 Å². The van der Waals surface area contributed by atoms with E-state index < -0.39 is 23.8 Å². The molecule has 1 aromatic rings. The Balaban J connectivity index is 2.21. The van der Waals surface area contributed by atoms with Crippen LogP contribution >= 0.6 is 0 Å². The minimum absolute atomic E-state index is 0.131. The van der Waals surface area contributed by atoms with Gasteiger partial charge in [-0.1, -0.05) is 6.92 Å². The van der Waals surface area contributed by atoms with Crippen molar-refractivity contribution in [2.24, 2.45) is 0 Å². The molecule has 1 aliphatic rings. The van der Waals surface area contributed by atoms with Crippen LogP contribution in [0.15, 0.2) is 16.5 Å². The Kier molecular flexibility index (Phi) is 3.18. The van der Waals surface area contributed by atoms with Gasteiger partial charge in [0.1, 0.15) is 18.3 Å². The molecule has 96 valence electrons. The lowest BCUT2D eigenvalue weighted by atomic mass is 10.2. The number of furan rings is 1. The molecule has 0 saturated carbocycles. The predicted molar refractivity (Wildman–Crippen MR) is 61.7 cm³/mol. The Labute approximate surface area is 104 Å². The molecule has 2 heterocycles. The molecule has 18 heavy (non-hydrogen) atoms. The largest absolute Gasteiger partial charge is 0.456 e. The number of carbonyl (C=O) groups is 3. The van der Waals surface area contributed by atoms with Gasteiger partial charge in [0.25, 0.3) is 5.91 Å². The molecule has 1 saturated heterocycles. The zero-order valence-corrected chi connectivity index (χ0v) is 10.2. The summed E-state index contributed by atoms with van der Waals surface area (Å²) in [4.78, 5) is 36.1. The molecule has 0 bridgehead atoms. The van der Waals surface area contributed by atoms with Crippen molar-refractivity contribution in [2.75, 3.05) is 6.54 Å². The number of carbonyl (C=O) groups excluding carboxylic acids is 3. The standard InChI is InChI=1S/C12H14N2O4/c1-3-8-4-5-9(18-8)12(17)14-6-10(15)13-11(16)7(14)2/h4-5,7H,3,6H2,1-2H3,(H,13,15,16). The van der Waals surface area contributed by atoms with E-state index in [9.17, 15) is 14.4 Å². The molecule has 1 unspecified atom stereocenters. The first-order valence-corrected chi connectivity index (χ1v) is 5.76. The highest BCUT2D eigenvalue weighted by atomic mass is 16.4. The van der Waals surface area contributed by atoms with E-state index in [2.05, 4.69) is 5.32 Å². The molecule has 2 rings (SSSR count). The van der Waals surface area contributed by atoms with Crippen LogP contribution in [0.5, 0.6) is 0 Å². The molecular weight excluding hydrogens is 236 g/mol. The number of nitrogens with zero attached hydrogens (tertiary/aromatic N) is 1. The average Bonchev–Trinajstić information content (AvgIpc) is 2.81. The molecule has 1 aromatic heterocycles. The number of hydrogen-bond donors (Lipinski definition) is 1. The van der Waals surface area contributed by atoms with Gasteiger partial charge in [-0.2, -0.15) is 0 Å². The van der Waals surface area contributed by atoms with E-state index in [1.807, 2.05) is 6.92 Å². The van der Waals surface area contributed by atoms with Crippen molar-refractivity contribution in [1.29, 1.82) is 0 Å². The second-order valence-corrected chi connectivity index (χ2v) is 4.14. The third kappa shape index (κ3) is 2.13. The van der Waals surface area contributed by atoms with Gasteiger partial charge in [0.2, 0.25) is 11.8 Å². The number of hydrogen-bond acceptors (Lipinski definition) is 4. The van der Waals surface area contributed by atoms with Gasteiger partial charge in [-0.3, -0.25) is 19.7 Å². The topological polar surface area (TPSA) is 79.6 Å². The van der Waals surface area contributed by atoms with Gasteiger partial charge in [0.15, 0.2) is 5.76 Å². The van der Waals surface area contributed by atoms with Gasteiger partial charge in [-0.05, 0) is 19.1 Å². The lowest BCUT2D eigenvalue weighted by molar-refractivity contribution is -0.138. The normalized spacial score (nSPS) is 19.9. The Bertz CT molecular complexity index is 506. The summed E-state index contributed by atoms with van der Waals surface area (Å²) in [6.07, 6.45) is 0.683. The maximum atomic E-state index is 12.1. The van der Waals surface area contributed by atoms with E-state index in [0.717, 1.165) is 0 Å². The molecule has 6 heteroatoms. The number of imide groups is 1. The smallest absolute Gasteiger partial charge is 0.290 e. The quantitative estimate of drug-likeness (QED) is 0.767. The highest BCUT2D eigenvalue weighted by Gasteiger charge is 2.35. The number of amides is 3. The summed E-state index contributed by atoms with van der Waals surface area (Å²) in [6.45, 7) is 3.35. The summed E-state index contributed by atoms with van der Waals surface area (Å²) < 4.78 is 5.33. The third-order valence-corrected chi connectivity index (χ3v) is 2.91. The monoisotopic (exact) mass is 250 g/mol. The average molecular weight is 250 g/mol. The first-order chi connectivity index (χ1) is 8.52. The fourth-order valence-electron chi connectivity index (χ4n) is 1.79. The van der Waals surface area contributed by atoms with Crippen LogP contribution in [-0.4, -0.2) is 35.2 Å². The van der Waals surface area contributed by atoms with E-state index in [0.29, 0.717) is 12.2 Å². The van der Waals surface area contributed by atoms with E-state index >= 15 is 0 Å². The summed E-state index contributed by atoms with van der Waals surface area (Å²) in [6, 6.07) is 2.60. The van der Waals surface area contributed by atoms with Gasteiger partial charge in [-0.15, -0.1) is 0 Å². The molecule has 1 N–H and O–H groups in total. The third-order valence-electron chi connectivity index (χ3n) is 2.91. The van der Waals surface area contributed by atoms with Crippen LogP contribution in [-0.2, 0) is 16.0 Å². The fraction of sp³-hybridized carbons (Fsp3) is 0.417. The van der Waals surface area contributed by atoms with Crippen molar-refractivity contribution in [3.05, 3.63) is 23.7 Å². The molecule has 0 aromatic carbocycles. The van der Waals surface area contributed by atoms with Crippen LogP contribution in [0.4, 0.5) is 0 Å².